The molecule has 0 aliphatic carbocycles. The molecule has 3 rings (SSSR count). The van der Waals surface area contributed by atoms with Crippen molar-refractivity contribution in [2.75, 3.05) is 13.7 Å². The molecule has 0 bridgehead atoms. The maximum atomic E-state index is 12.0. The Kier molecular flexibility index (Phi) is 10.0. The molecule has 3 aliphatic heterocycles. The topological polar surface area (TPSA) is 226 Å². The highest BCUT2D eigenvalue weighted by molar-refractivity contribution is 5.73. The van der Waals surface area contributed by atoms with Crippen LogP contribution >= 0.6 is 0 Å². The van der Waals surface area contributed by atoms with Crippen LogP contribution in [0.2, 0.25) is 0 Å². The Hall–Kier alpha value is -1.05. The van der Waals surface area contributed by atoms with Gasteiger partial charge in [0.2, 0.25) is 5.91 Å². The number of carbonyl (C=O) groups is 1. The van der Waals surface area contributed by atoms with E-state index in [1.165, 1.54) is 27.9 Å². The summed E-state index contributed by atoms with van der Waals surface area (Å²) in [6.45, 7) is 3.43. The van der Waals surface area contributed by atoms with Crippen LogP contribution in [0.25, 0.3) is 0 Å². The van der Waals surface area contributed by atoms with Crippen LogP contribution < -0.4 is 5.32 Å². The molecule has 3 aliphatic rings. The zero-order valence-corrected chi connectivity index (χ0v) is 20.4. The van der Waals surface area contributed by atoms with Gasteiger partial charge in [0, 0.05) is 14.0 Å². The molecule has 8 N–H and O–H groups in total. The van der Waals surface area contributed by atoms with Gasteiger partial charge in [0.1, 0.15) is 61.0 Å². The van der Waals surface area contributed by atoms with E-state index in [-0.39, 0.29) is 0 Å². The summed E-state index contributed by atoms with van der Waals surface area (Å²) in [5, 5.41) is 74.5. The Bertz CT molecular complexity index is 729. The maximum absolute atomic E-state index is 12.0. The number of amides is 1. The fraction of sp³-hybridized carbons (Fsp3) is 0.952. The number of aliphatic hydroxyl groups is 7. The first-order chi connectivity index (χ1) is 16.9. The number of aliphatic hydroxyl groups excluding tert-OH is 7. The summed E-state index contributed by atoms with van der Waals surface area (Å²) in [5.41, 5.74) is 0. The summed E-state index contributed by atoms with van der Waals surface area (Å²) in [6.07, 6.45) is -19.2. The minimum Gasteiger partial charge on any atom is -0.394 e. The zero-order valence-electron chi connectivity index (χ0n) is 20.4. The Morgan fingerprint density at radius 3 is 1.86 bits per heavy atom. The van der Waals surface area contributed by atoms with E-state index in [0.29, 0.717) is 0 Å². The summed E-state index contributed by atoms with van der Waals surface area (Å²) in [7, 11) is 1.29. The van der Waals surface area contributed by atoms with Crippen LogP contribution in [0.5, 0.6) is 0 Å². The third-order valence-corrected chi connectivity index (χ3v) is 6.63. The normalized spacial score (nSPS) is 50.0. The third-order valence-electron chi connectivity index (χ3n) is 6.63. The van der Waals surface area contributed by atoms with Crippen molar-refractivity contribution in [3.63, 3.8) is 0 Å². The first kappa shape index (κ1) is 29.5. The average molecular weight is 528 g/mol. The number of nitrogens with one attached hydrogen (secondary N) is 1. The second-order valence-electron chi connectivity index (χ2n) is 9.25. The van der Waals surface area contributed by atoms with Crippen LogP contribution in [0.4, 0.5) is 0 Å². The molecule has 0 saturated carbocycles. The highest BCUT2D eigenvalue weighted by Crippen LogP contribution is 2.32. The van der Waals surface area contributed by atoms with Gasteiger partial charge in [-0.25, -0.2) is 0 Å². The standard InChI is InChI=1S/C21H37NO14/c1-6-11(25)14(28)16(30)20(32-6)35-17-10(22-8(3)24)19(34-9(5-23)13(17)27)36-18-15(29)12(26)7(2)33-21(18)31-4/h6-7,9-21,23,25-30H,5H2,1-4H3,(H,22,24)/t6-,7-,9-,10-,11-,12-,13-,14+,15+,16+,17-,18+,19+,20-,21+/m0/s1. The maximum Gasteiger partial charge on any atom is 0.217 e. The SMILES string of the molecule is CO[C@@H]1O[C@@H](C)[C@H](O)[C@@H](O)[C@H]1O[C@H]1O[C@@H](CO)[C@H](O)[C@@H](O[C@@H]2O[C@@H](C)[C@H](O)[C@@H](O)[C@H]2O)[C@@H]1NC(C)=O. The molecule has 0 aromatic carbocycles. The van der Waals surface area contributed by atoms with Gasteiger partial charge in [0.05, 0.1) is 18.8 Å². The molecule has 15 heteroatoms. The highest BCUT2D eigenvalue weighted by atomic mass is 16.8. The van der Waals surface area contributed by atoms with Crippen molar-refractivity contribution >= 4 is 5.91 Å². The van der Waals surface area contributed by atoms with Crippen molar-refractivity contribution in [2.45, 2.75) is 113 Å². The Morgan fingerprint density at radius 1 is 0.750 bits per heavy atom. The highest BCUT2D eigenvalue weighted by Gasteiger charge is 2.53. The predicted octanol–water partition coefficient (Wildman–Crippen LogP) is -4.72. The average Bonchev–Trinajstić information content (AvgIpc) is 2.84. The van der Waals surface area contributed by atoms with Gasteiger partial charge in [-0.2, -0.15) is 0 Å². The molecule has 210 valence electrons. The fourth-order valence-electron chi connectivity index (χ4n) is 4.51. The largest absolute Gasteiger partial charge is 0.394 e. The van der Waals surface area contributed by atoms with Crippen LogP contribution in [0.15, 0.2) is 0 Å². The second-order valence-corrected chi connectivity index (χ2v) is 9.25. The summed E-state index contributed by atoms with van der Waals surface area (Å²) < 4.78 is 33.5. The number of carbonyl (C=O) groups excluding carboxylic acids is 1. The Morgan fingerprint density at radius 2 is 1.31 bits per heavy atom. The molecule has 3 fully saturated rings. The van der Waals surface area contributed by atoms with Crippen molar-refractivity contribution in [1.29, 1.82) is 0 Å². The quantitative estimate of drug-likeness (QED) is 0.156. The van der Waals surface area contributed by atoms with Crippen LogP contribution in [0, 0.1) is 0 Å². The molecule has 0 unspecified atom stereocenters. The van der Waals surface area contributed by atoms with Crippen molar-refractivity contribution in [3.05, 3.63) is 0 Å². The van der Waals surface area contributed by atoms with Crippen molar-refractivity contribution in [2.24, 2.45) is 0 Å². The lowest BCUT2D eigenvalue weighted by atomic mass is 9.94. The van der Waals surface area contributed by atoms with E-state index in [2.05, 4.69) is 5.32 Å². The lowest BCUT2D eigenvalue weighted by Gasteiger charge is -2.49. The molecule has 15 nitrogen and oxygen atoms in total. The number of hydrogen-bond acceptors (Lipinski definition) is 14. The fourth-order valence-corrected chi connectivity index (χ4v) is 4.51. The van der Waals surface area contributed by atoms with Gasteiger partial charge in [-0.3, -0.25) is 4.79 Å². The molecule has 36 heavy (non-hydrogen) atoms. The lowest BCUT2D eigenvalue weighted by Crippen LogP contribution is -2.69. The molecular formula is C21H37NO14. The zero-order chi connectivity index (χ0) is 26.9. The lowest BCUT2D eigenvalue weighted by molar-refractivity contribution is -0.366. The molecule has 0 spiro atoms. The minimum atomic E-state index is -1.72. The first-order valence-corrected chi connectivity index (χ1v) is 11.7. The van der Waals surface area contributed by atoms with E-state index in [1.54, 1.807) is 0 Å². The van der Waals surface area contributed by atoms with Crippen molar-refractivity contribution in [1.82, 2.24) is 5.32 Å². The summed E-state index contributed by atoms with van der Waals surface area (Å²) in [6, 6.07) is -1.31. The molecular weight excluding hydrogens is 490 g/mol. The van der Waals surface area contributed by atoms with Crippen molar-refractivity contribution in [3.8, 4) is 0 Å². The van der Waals surface area contributed by atoms with E-state index in [9.17, 15) is 40.5 Å². The van der Waals surface area contributed by atoms with Gasteiger partial charge in [-0.1, -0.05) is 0 Å². The molecule has 0 radical (unpaired) electrons. The second kappa shape index (κ2) is 12.2. The van der Waals surface area contributed by atoms with Gasteiger partial charge in [0.15, 0.2) is 18.9 Å². The van der Waals surface area contributed by atoms with E-state index in [1.807, 2.05) is 0 Å². The summed E-state index contributed by atoms with van der Waals surface area (Å²) >= 11 is 0. The van der Waals surface area contributed by atoms with Crippen molar-refractivity contribution < 1.29 is 69.0 Å². The van der Waals surface area contributed by atoms with E-state index in [4.69, 9.17) is 28.4 Å². The molecule has 3 saturated heterocycles. The summed E-state index contributed by atoms with van der Waals surface area (Å²) in [5.74, 6) is -0.591. The minimum absolute atomic E-state index is 0.591. The Balaban J connectivity index is 1.89. The number of ether oxygens (including phenoxy) is 6. The monoisotopic (exact) mass is 527 g/mol. The van der Waals surface area contributed by atoms with Gasteiger partial charge < -0.3 is 69.5 Å². The number of hydrogen-bond donors (Lipinski definition) is 8. The first-order valence-electron chi connectivity index (χ1n) is 11.7. The van der Waals surface area contributed by atoms with Gasteiger partial charge in [-0.15, -0.1) is 0 Å². The van der Waals surface area contributed by atoms with Gasteiger partial charge in [0.25, 0.3) is 0 Å². The van der Waals surface area contributed by atoms with E-state index in [0.717, 1.165) is 0 Å². The van der Waals surface area contributed by atoms with Gasteiger partial charge >= 0.3 is 0 Å². The molecule has 15 atom stereocenters. The van der Waals surface area contributed by atoms with E-state index < -0.39 is 105 Å². The molecule has 1 amide bonds. The van der Waals surface area contributed by atoms with Crippen LogP contribution in [-0.2, 0) is 33.2 Å². The predicted molar refractivity (Wildman–Crippen MR) is 115 cm³/mol. The Labute approximate surface area is 207 Å². The summed E-state index contributed by atoms with van der Waals surface area (Å²) in [4.78, 5) is 12.0. The molecule has 0 aromatic rings. The van der Waals surface area contributed by atoms with E-state index >= 15 is 0 Å². The molecule has 0 aromatic heterocycles. The number of methoxy groups -OCH3 is 1. The van der Waals surface area contributed by atoms with Crippen LogP contribution in [-0.4, -0.2) is 147 Å². The molecule has 3 heterocycles. The van der Waals surface area contributed by atoms with Gasteiger partial charge in [-0.05, 0) is 13.8 Å². The third kappa shape index (κ3) is 5.99. The van der Waals surface area contributed by atoms with Crippen LogP contribution in [0.1, 0.15) is 20.8 Å². The number of rotatable bonds is 7. The smallest absolute Gasteiger partial charge is 0.217 e. The van der Waals surface area contributed by atoms with Crippen LogP contribution in [0.3, 0.4) is 0 Å².